The van der Waals surface area contributed by atoms with Crippen LogP contribution >= 0.6 is 11.3 Å². The van der Waals surface area contributed by atoms with E-state index in [-0.39, 0.29) is 5.56 Å². The monoisotopic (exact) mass is 579 g/mol. The molecule has 206 valence electrons. The molecule has 0 N–H and O–H groups in total. The molecule has 0 bridgehead atoms. The van der Waals surface area contributed by atoms with Gasteiger partial charge in [0.25, 0.3) is 5.56 Å². The lowest BCUT2D eigenvalue weighted by Crippen LogP contribution is -2.18. The fourth-order valence-electron chi connectivity index (χ4n) is 6.80. The summed E-state index contributed by atoms with van der Waals surface area (Å²) in [5, 5.41) is 11.5. The van der Waals surface area contributed by atoms with Crippen LogP contribution in [0, 0.1) is 0 Å². The van der Waals surface area contributed by atoms with Gasteiger partial charge in [0.15, 0.2) is 0 Å². The highest BCUT2D eigenvalue weighted by Crippen LogP contribution is 2.38. The molecule has 0 atom stereocenters. The molecule has 0 spiro atoms. The molecule has 3 heteroatoms. The van der Waals surface area contributed by atoms with Crippen molar-refractivity contribution in [3.8, 4) is 27.9 Å². The fraction of sp³-hybridized carbons (Fsp3) is 0. The van der Waals surface area contributed by atoms with E-state index >= 15 is 0 Å². The first-order valence-electron chi connectivity index (χ1n) is 14.8. The molecule has 44 heavy (non-hydrogen) atoms. The second-order valence-electron chi connectivity index (χ2n) is 11.3. The second-order valence-corrected chi connectivity index (χ2v) is 12.2. The predicted molar refractivity (Wildman–Crippen MR) is 188 cm³/mol. The van der Waals surface area contributed by atoms with Gasteiger partial charge < -0.3 is 0 Å². The lowest BCUT2D eigenvalue weighted by molar-refractivity contribution is 1.06. The molecule has 0 amide bonds. The number of rotatable bonds is 3. The first-order chi connectivity index (χ1) is 21.7. The fourth-order valence-corrected chi connectivity index (χ4v) is 7.72. The molecule has 2 heterocycles. The van der Waals surface area contributed by atoms with Gasteiger partial charge in [0.05, 0.1) is 10.2 Å². The maximum Gasteiger partial charge on any atom is 0.263 e. The van der Waals surface area contributed by atoms with E-state index in [1.165, 1.54) is 43.4 Å². The molecular weight excluding hydrogens is 555 g/mol. The standard InChI is InChI=1S/C41H25NOS/c43-41-37-15-6-5-14-36(37)40-39(22-23-44-40)42(41)30-19-16-26(17-20-30)27-8-7-9-28(24-27)29-18-21-35-33-12-2-1-10-31(33)32-11-3-4-13-34(32)38(35)25-29/h1-25H. The van der Waals surface area contributed by atoms with Crippen molar-refractivity contribution in [1.29, 1.82) is 0 Å². The van der Waals surface area contributed by atoms with E-state index in [0.29, 0.717) is 0 Å². The van der Waals surface area contributed by atoms with E-state index in [1.807, 2.05) is 34.9 Å². The van der Waals surface area contributed by atoms with Gasteiger partial charge in [-0.15, -0.1) is 11.3 Å². The van der Waals surface area contributed by atoms with E-state index in [4.69, 9.17) is 0 Å². The van der Waals surface area contributed by atoms with Crippen LogP contribution in [0.25, 0.3) is 81.2 Å². The number of thiophene rings is 1. The predicted octanol–water partition coefficient (Wildman–Crippen LogP) is 11.0. The first kappa shape index (κ1) is 25.0. The summed E-state index contributed by atoms with van der Waals surface area (Å²) in [5.74, 6) is 0. The van der Waals surface area contributed by atoms with Crippen molar-refractivity contribution in [2.75, 3.05) is 0 Å². The maximum absolute atomic E-state index is 13.6. The third-order valence-corrected chi connectivity index (χ3v) is 9.83. The Labute approximate surface area is 257 Å². The lowest BCUT2D eigenvalue weighted by atomic mass is 9.91. The molecule has 7 aromatic carbocycles. The molecule has 0 unspecified atom stereocenters. The Morgan fingerprint density at radius 2 is 0.932 bits per heavy atom. The third kappa shape index (κ3) is 3.76. The van der Waals surface area contributed by atoms with Gasteiger partial charge in [-0.2, -0.15) is 0 Å². The molecule has 0 aliphatic carbocycles. The molecule has 0 saturated carbocycles. The Balaban J connectivity index is 1.14. The van der Waals surface area contributed by atoms with Gasteiger partial charge in [-0.05, 0) is 96.3 Å². The molecule has 2 aromatic heterocycles. The number of hydrogen-bond acceptors (Lipinski definition) is 2. The van der Waals surface area contributed by atoms with Crippen molar-refractivity contribution in [2.45, 2.75) is 0 Å². The number of nitrogens with zero attached hydrogens (tertiary/aromatic N) is 1. The molecule has 9 aromatic rings. The van der Waals surface area contributed by atoms with Gasteiger partial charge in [-0.1, -0.05) is 109 Å². The van der Waals surface area contributed by atoms with Gasteiger partial charge in [0, 0.05) is 16.5 Å². The summed E-state index contributed by atoms with van der Waals surface area (Å²) in [7, 11) is 0. The van der Waals surface area contributed by atoms with E-state index < -0.39 is 0 Å². The van der Waals surface area contributed by atoms with E-state index in [2.05, 4.69) is 121 Å². The van der Waals surface area contributed by atoms with E-state index in [9.17, 15) is 4.79 Å². The van der Waals surface area contributed by atoms with Gasteiger partial charge >= 0.3 is 0 Å². The second kappa shape index (κ2) is 9.77. The number of pyridine rings is 1. The zero-order valence-corrected chi connectivity index (χ0v) is 24.5. The molecule has 2 nitrogen and oxygen atoms in total. The Morgan fingerprint density at radius 3 is 1.61 bits per heavy atom. The van der Waals surface area contributed by atoms with Crippen LogP contribution in [0.4, 0.5) is 0 Å². The number of fused-ring (bicyclic) bond motifs is 9. The summed E-state index contributed by atoms with van der Waals surface area (Å²) in [6.07, 6.45) is 0. The van der Waals surface area contributed by atoms with Crippen LogP contribution < -0.4 is 5.56 Å². The van der Waals surface area contributed by atoms with Crippen LogP contribution in [0.1, 0.15) is 0 Å². The number of hydrogen-bond donors (Lipinski definition) is 0. The van der Waals surface area contributed by atoms with Crippen molar-refractivity contribution >= 4 is 64.6 Å². The van der Waals surface area contributed by atoms with Crippen molar-refractivity contribution in [2.24, 2.45) is 0 Å². The summed E-state index contributed by atoms with van der Waals surface area (Å²) in [6.45, 7) is 0. The Kier molecular flexibility index (Phi) is 5.56. The summed E-state index contributed by atoms with van der Waals surface area (Å²) >= 11 is 1.68. The van der Waals surface area contributed by atoms with Crippen molar-refractivity contribution in [3.05, 3.63) is 161 Å². The highest BCUT2D eigenvalue weighted by Gasteiger charge is 2.14. The molecule has 0 radical (unpaired) electrons. The molecule has 0 saturated heterocycles. The Bertz CT molecular complexity index is 2590. The average molecular weight is 580 g/mol. The summed E-state index contributed by atoms with van der Waals surface area (Å²) in [5.41, 5.74) is 6.46. The van der Waals surface area contributed by atoms with Gasteiger partial charge in [-0.3, -0.25) is 9.36 Å². The Hall–Kier alpha value is -5.51. The first-order valence-corrected chi connectivity index (χ1v) is 15.7. The van der Waals surface area contributed by atoms with Gasteiger partial charge in [0.2, 0.25) is 0 Å². The van der Waals surface area contributed by atoms with Crippen molar-refractivity contribution in [1.82, 2.24) is 4.57 Å². The van der Waals surface area contributed by atoms with Crippen molar-refractivity contribution in [3.63, 3.8) is 0 Å². The Morgan fingerprint density at radius 1 is 0.409 bits per heavy atom. The molecule has 0 aliphatic rings. The van der Waals surface area contributed by atoms with E-state index in [1.54, 1.807) is 11.3 Å². The third-order valence-electron chi connectivity index (χ3n) is 8.89. The van der Waals surface area contributed by atoms with Gasteiger partial charge in [-0.25, -0.2) is 0 Å². The van der Waals surface area contributed by atoms with Crippen molar-refractivity contribution < 1.29 is 0 Å². The van der Waals surface area contributed by atoms with Crippen LogP contribution in [-0.2, 0) is 0 Å². The normalized spacial score (nSPS) is 11.7. The molecule has 0 aliphatic heterocycles. The topological polar surface area (TPSA) is 22.0 Å². The number of benzene rings is 7. The summed E-state index contributed by atoms with van der Waals surface area (Å²) < 4.78 is 2.98. The van der Waals surface area contributed by atoms with Crippen LogP contribution in [0.5, 0.6) is 0 Å². The maximum atomic E-state index is 13.6. The highest BCUT2D eigenvalue weighted by atomic mass is 32.1. The smallest absolute Gasteiger partial charge is 0.263 e. The lowest BCUT2D eigenvalue weighted by Gasteiger charge is -2.13. The zero-order chi connectivity index (χ0) is 29.2. The minimum Gasteiger partial charge on any atom is -0.276 e. The minimum atomic E-state index is 0.0119. The SMILES string of the molecule is O=c1c2ccccc2c2sccc2n1-c1ccc(-c2cccc(-c3ccc4c5ccccc5c5ccccc5c4c3)c2)cc1. The quantitative estimate of drug-likeness (QED) is 0.191. The van der Waals surface area contributed by atoms with Crippen LogP contribution in [-0.4, -0.2) is 4.57 Å². The van der Waals surface area contributed by atoms with Crippen LogP contribution in [0.3, 0.4) is 0 Å². The highest BCUT2D eigenvalue weighted by molar-refractivity contribution is 7.18. The molecule has 0 fully saturated rings. The summed E-state index contributed by atoms with van der Waals surface area (Å²) in [4.78, 5) is 13.6. The largest absolute Gasteiger partial charge is 0.276 e. The molecular formula is C41H25NOS. The average Bonchev–Trinajstić information content (AvgIpc) is 3.59. The zero-order valence-electron chi connectivity index (χ0n) is 23.7. The van der Waals surface area contributed by atoms with Gasteiger partial charge in [0.1, 0.15) is 0 Å². The number of aromatic nitrogens is 1. The van der Waals surface area contributed by atoms with E-state index in [0.717, 1.165) is 37.8 Å². The minimum absolute atomic E-state index is 0.0119. The van der Waals surface area contributed by atoms with Crippen LogP contribution in [0.15, 0.2) is 156 Å². The molecule has 9 rings (SSSR count). The summed E-state index contributed by atoms with van der Waals surface area (Å²) in [6, 6.07) is 51.3. The van der Waals surface area contributed by atoms with Crippen LogP contribution in [0.2, 0.25) is 0 Å².